The molecule has 0 fully saturated rings. The maximum absolute atomic E-state index is 6.64. The van der Waals surface area contributed by atoms with Gasteiger partial charge in [-0.3, -0.25) is 0 Å². The van der Waals surface area contributed by atoms with Gasteiger partial charge in [-0.05, 0) is 75.8 Å². The smallest absolute Gasteiger partial charge is 0.159 e. The highest BCUT2D eigenvalue weighted by atomic mass is 16.3. The molecular weight excluding hydrogens is 498 g/mol. The van der Waals surface area contributed by atoms with Crippen LogP contribution >= 0.6 is 0 Å². The molecule has 0 bridgehead atoms. The molecule has 0 saturated heterocycles. The van der Waals surface area contributed by atoms with Crippen molar-refractivity contribution in [3.05, 3.63) is 151 Å². The molecule has 196 valence electrons. The van der Waals surface area contributed by atoms with E-state index in [4.69, 9.17) is 4.42 Å². The summed E-state index contributed by atoms with van der Waals surface area (Å²) in [5.41, 5.74) is 12.6. The second-order valence-electron chi connectivity index (χ2n) is 11.4. The fraction of sp³-hybridized carbons (Fsp3) is 0.0769. The number of furan rings is 1. The predicted octanol–water partition coefficient (Wildman–Crippen LogP) is 11.0. The summed E-state index contributed by atoms with van der Waals surface area (Å²) in [7, 11) is 0. The maximum atomic E-state index is 6.64. The Hall–Kier alpha value is -5.08. The maximum Gasteiger partial charge on any atom is 0.159 e. The molecule has 1 heterocycles. The van der Waals surface area contributed by atoms with Gasteiger partial charge in [0.2, 0.25) is 0 Å². The topological polar surface area (TPSA) is 16.4 Å². The van der Waals surface area contributed by atoms with Crippen molar-refractivity contribution in [1.29, 1.82) is 0 Å². The van der Waals surface area contributed by atoms with E-state index in [2.05, 4.69) is 152 Å². The summed E-state index contributed by atoms with van der Waals surface area (Å²) < 4.78 is 6.64. The molecule has 0 N–H and O–H groups in total. The molecule has 0 saturated carbocycles. The Bertz CT molecular complexity index is 2070. The first-order valence-corrected chi connectivity index (χ1v) is 14.2. The zero-order valence-corrected chi connectivity index (χ0v) is 23.1. The van der Waals surface area contributed by atoms with Crippen molar-refractivity contribution in [2.45, 2.75) is 19.3 Å². The van der Waals surface area contributed by atoms with E-state index in [1.165, 1.54) is 27.8 Å². The average Bonchev–Trinajstić information content (AvgIpc) is 3.51. The van der Waals surface area contributed by atoms with Gasteiger partial charge in [0.05, 0.1) is 5.69 Å². The van der Waals surface area contributed by atoms with E-state index < -0.39 is 0 Å². The average molecular weight is 528 g/mol. The molecule has 0 radical (unpaired) electrons. The first-order valence-electron chi connectivity index (χ1n) is 14.2. The minimum absolute atomic E-state index is 0.0924. The molecule has 2 heteroatoms. The third-order valence-electron chi connectivity index (χ3n) is 8.65. The summed E-state index contributed by atoms with van der Waals surface area (Å²) in [6.45, 7) is 4.67. The van der Waals surface area contributed by atoms with Gasteiger partial charge in [-0.25, -0.2) is 0 Å². The van der Waals surface area contributed by atoms with Crippen molar-refractivity contribution < 1.29 is 4.42 Å². The molecule has 1 aliphatic carbocycles. The Kier molecular flexibility index (Phi) is 5.20. The van der Waals surface area contributed by atoms with E-state index in [0.29, 0.717) is 0 Å². The molecule has 7 aromatic rings. The lowest BCUT2D eigenvalue weighted by Gasteiger charge is -2.28. The number of hydrogen-bond acceptors (Lipinski definition) is 2. The summed E-state index contributed by atoms with van der Waals surface area (Å²) >= 11 is 0. The normalized spacial score (nSPS) is 13.3. The Labute approximate surface area is 240 Å². The summed E-state index contributed by atoms with van der Waals surface area (Å²) in [5.74, 6) is 0. The number of rotatable bonds is 4. The second kappa shape index (κ2) is 8.97. The van der Waals surface area contributed by atoms with Crippen molar-refractivity contribution in [3.8, 4) is 22.3 Å². The fourth-order valence-electron chi connectivity index (χ4n) is 6.61. The Morgan fingerprint density at radius 2 is 1.20 bits per heavy atom. The first kappa shape index (κ1) is 23.8. The molecule has 2 nitrogen and oxygen atoms in total. The SMILES string of the molecule is CC1(C)c2ccccc2-c2ccc(N(c3ccccc3)c3cc(-c4ccccc4)cc4c3oc3ccccc34)cc21. The second-order valence-corrected chi connectivity index (χ2v) is 11.4. The molecule has 1 aliphatic rings. The summed E-state index contributed by atoms with van der Waals surface area (Å²) in [6, 6.07) is 49.9. The van der Waals surface area contributed by atoms with Crippen LogP contribution in [0.5, 0.6) is 0 Å². The third kappa shape index (κ3) is 3.64. The number of para-hydroxylation sites is 2. The monoisotopic (exact) mass is 527 g/mol. The zero-order valence-electron chi connectivity index (χ0n) is 23.1. The largest absolute Gasteiger partial charge is 0.454 e. The number of hydrogen-bond donors (Lipinski definition) is 0. The van der Waals surface area contributed by atoms with E-state index >= 15 is 0 Å². The molecular formula is C39H29NO. The van der Waals surface area contributed by atoms with Crippen LogP contribution in [-0.4, -0.2) is 0 Å². The lowest BCUT2D eigenvalue weighted by atomic mass is 9.82. The van der Waals surface area contributed by atoms with Crippen molar-refractivity contribution in [3.63, 3.8) is 0 Å². The quantitative estimate of drug-likeness (QED) is 0.226. The molecule has 6 aromatic carbocycles. The lowest BCUT2D eigenvalue weighted by molar-refractivity contribution is 0.660. The molecule has 0 amide bonds. The van der Waals surface area contributed by atoms with Gasteiger partial charge < -0.3 is 9.32 Å². The van der Waals surface area contributed by atoms with Gasteiger partial charge in [0.25, 0.3) is 0 Å². The van der Waals surface area contributed by atoms with Gasteiger partial charge in [-0.15, -0.1) is 0 Å². The molecule has 41 heavy (non-hydrogen) atoms. The van der Waals surface area contributed by atoms with Crippen LogP contribution < -0.4 is 4.90 Å². The van der Waals surface area contributed by atoms with Gasteiger partial charge in [0.1, 0.15) is 5.58 Å². The minimum Gasteiger partial charge on any atom is -0.454 e. The van der Waals surface area contributed by atoms with E-state index in [1.54, 1.807) is 0 Å². The van der Waals surface area contributed by atoms with E-state index in [-0.39, 0.29) is 5.41 Å². The Balaban J connectivity index is 1.42. The highest BCUT2D eigenvalue weighted by molar-refractivity contribution is 6.12. The molecule has 1 aromatic heterocycles. The van der Waals surface area contributed by atoms with Gasteiger partial charge in [-0.2, -0.15) is 0 Å². The number of nitrogens with zero attached hydrogens (tertiary/aromatic N) is 1. The van der Waals surface area contributed by atoms with Crippen LogP contribution in [-0.2, 0) is 5.41 Å². The number of benzene rings is 6. The van der Waals surface area contributed by atoms with Gasteiger partial charge in [-0.1, -0.05) is 111 Å². The van der Waals surface area contributed by atoms with Gasteiger partial charge >= 0.3 is 0 Å². The Morgan fingerprint density at radius 1 is 0.512 bits per heavy atom. The number of fused-ring (bicyclic) bond motifs is 6. The van der Waals surface area contributed by atoms with Crippen LogP contribution in [0.2, 0.25) is 0 Å². The van der Waals surface area contributed by atoms with Crippen LogP contribution in [0.1, 0.15) is 25.0 Å². The van der Waals surface area contributed by atoms with Gasteiger partial charge in [0, 0.05) is 27.6 Å². The van der Waals surface area contributed by atoms with E-state index in [0.717, 1.165) is 44.6 Å². The summed E-state index contributed by atoms with van der Waals surface area (Å²) in [5, 5.41) is 2.24. The fourth-order valence-corrected chi connectivity index (χ4v) is 6.61. The highest BCUT2D eigenvalue weighted by Crippen LogP contribution is 2.51. The van der Waals surface area contributed by atoms with Crippen LogP contribution in [0.4, 0.5) is 17.1 Å². The van der Waals surface area contributed by atoms with Crippen LogP contribution in [0, 0.1) is 0 Å². The van der Waals surface area contributed by atoms with Crippen molar-refractivity contribution in [2.24, 2.45) is 0 Å². The third-order valence-corrected chi connectivity index (χ3v) is 8.65. The van der Waals surface area contributed by atoms with Crippen LogP contribution in [0.15, 0.2) is 144 Å². The summed E-state index contributed by atoms with van der Waals surface area (Å²) in [4.78, 5) is 2.36. The van der Waals surface area contributed by atoms with Crippen molar-refractivity contribution in [2.75, 3.05) is 4.90 Å². The van der Waals surface area contributed by atoms with Gasteiger partial charge in [0.15, 0.2) is 5.58 Å². The highest BCUT2D eigenvalue weighted by Gasteiger charge is 2.36. The number of anilines is 3. The zero-order chi connectivity index (χ0) is 27.6. The van der Waals surface area contributed by atoms with Crippen LogP contribution in [0.25, 0.3) is 44.2 Å². The van der Waals surface area contributed by atoms with E-state index in [9.17, 15) is 0 Å². The molecule has 0 unspecified atom stereocenters. The first-order chi connectivity index (χ1) is 20.1. The standard InChI is InChI=1S/C39H29NO/c1-39(2)34-19-11-9-17-30(34)31-22-21-29(25-35(31)39)40(28-15-7-4-8-16-28)36-24-27(26-13-5-3-6-14-26)23-33-32-18-10-12-20-37(32)41-38(33)36/h3-25H,1-2H3. The lowest BCUT2D eigenvalue weighted by Crippen LogP contribution is -2.16. The van der Waals surface area contributed by atoms with Crippen molar-refractivity contribution >= 4 is 39.0 Å². The Morgan fingerprint density at radius 3 is 2.02 bits per heavy atom. The van der Waals surface area contributed by atoms with E-state index in [1.807, 2.05) is 6.07 Å². The minimum atomic E-state index is -0.0924. The molecule has 0 aliphatic heterocycles. The molecule has 0 atom stereocenters. The predicted molar refractivity (Wildman–Crippen MR) is 171 cm³/mol. The summed E-state index contributed by atoms with van der Waals surface area (Å²) in [6.07, 6.45) is 0. The van der Waals surface area contributed by atoms with Crippen molar-refractivity contribution in [1.82, 2.24) is 0 Å². The van der Waals surface area contributed by atoms with Crippen LogP contribution in [0.3, 0.4) is 0 Å². The molecule has 0 spiro atoms. The molecule has 8 rings (SSSR count).